The number of ether oxygens (including phenoxy) is 1. The molecule has 0 spiro atoms. The molecule has 1 aliphatic carbocycles. The Labute approximate surface area is 173 Å². The van der Waals surface area contributed by atoms with Crippen LogP contribution in [0.4, 0.5) is 5.69 Å². The van der Waals surface area contributed by atoms with E-state index in [0.29, 0.717) is 5.69 Å². The van der Waals surface area contributed by atoms with Gasteiger partial charge in [0.2, 0.25) is 5.91 Å². The van der Waals surface area contributed by atoms with Gasteiger partial charge in [0.25, 0.3) is 11.8 Å². The Balaban J connectivity index is 1.53. The summed E-state index contributed by atoms with van der Waals surface area (Å²) < 4.78 is 10.1. The maximum Gasteiger partial charge on any atom is 0.338 e. The van der Waals surface area contributed by atoms with Gasteiger partial charge < -0.3 is 24.7 Å². The molecule has 3 rings (SSSR count). The lowest BCUT2D eigenvalue weighted by Gasteiger charge is -2.17. The molecule has 0 radical (unpaired) electrons. The van der Waals surface area contributed by atoms with E-state index in [9.17, 15) is 19.2 Å². The SMILES string of the molecule is Cc1ccc(C(=O)OCC(=O)N(C)CC(=O)NC2CC2)cc1NC(=O)c1ccco1. The summed E-state index contributed by atoms with van der Waals surface area (Å²) in [6.45, 7) is 1.19. The molecule has 3 amide bonds. The number of benzene rings is 1. The fourth-order valence-electron chi connectivity index (χ4n) is 2.60. The molecule has 1 aromatic heterocycles. The molecule has 0 aliphatic heterocycles. The molecule has 1 heterocycles. The highest BCUT2D eigenvalue weighted by Gasteiger charge is 2.24. The first-order chi connectivity index (χ1) is 14.3. The van der Waals surface area contributed by atoms with E-state index in [1.165, 1.54) is 36.4 Å². The molecule has 0 atom stereocenters. The van der Waals surface area contributed by atoms with E-state index < -0.39 is 24.4 Å². The Kier molecular flexibility index (Phi) is 6.51. The Morgan fingerprint density at radius 1 is 1.20 bits per heavy atom. The van der Waals surface area contributed by atoms with Gasteiger partial charge in [0.1, 0.15) is 0 Å². The summed E-state index contributed by atoms with van der Waals surface area (Å²) in [4.78, 5) is 49.6. The number of nitrogens with one attached hydrogen (secondary N) is 2. The highest BCUT2D eigenvalue weighted by molar-refractivity contribution is 6.03. The molecule has 1 saturated carbocycles. The van der Waals surface area contributed by atoms with Gasteiger partial charge in [0.15, 0.2) is 12.4 Å². The van der Waals surface area contributed by atoms with Gasteiger partial charge >= 0.3 is 5.97 Å². The molecule has 9 heteroatoms. The lowest BCUT2D eigenvalue weighted by Crippen LogP contribution is -2.40. The highest BCUT2D eigenvalue weighted by Crippen LogP contribution is 2.19. The Bertz CT molecular complexity index is 950. The molecule has 158 valence electrons. The van der Waals surface area contributed by atoms with Crippen LogP contribution in [-0.2, 0) is 14.3 Å². The molecule has 1 aliphatic rings. The number of nitrogens with zero attached hydrogens (tertiary/aromatic N) is 1. The van der Waals surface area contributed by atoms with Crippen molar-refractivity contribution in [3.8, 4) is 0 Å². The Morgan fingerprint density at radius 3 is 2.63 bits per heavy atom. The lowest BCUT2D eigenvalue weighted by atomic mass is 10.1. The third-order valence-electron chi connectivity index (χ3n) is 4.54. The van der Waals surface area contributed by atoms with Crippen molar-refractivity contribution < 1.29 is 28.3 Å². The van der Waals surface area contributed by atoms with Gasteiger partial charge in [-0.25, -0.2) is 4.79 Å². The fraction of sp³-hybridized carbons (Fsp3) is 0.333. The van der Waals surface area contributed by atoms with Crippen LogP contribution in [0.5, 0.6) is 0 Å². The van der Waals surface area contributed by atoms with E-state index in [2.05, 4.69) is 10.6 Å². The molecule has 9 nitrogen and oxygen atoms in total. The first-order valence-electron chi connectivity index (χ1n) is 9.49. The van der Waals surface area contributed by atoms with Crippen molar-refractivity contribution in [1.82, 2.24) is 10.2 Å². The number of carbonyl (C=O) groups is 4. The number of amides is 3. The van der Waals surface area contributed by atoms with Gasteiger partial charge in [0, 0.05) is 18.8 Å². The van der Waals surface area contributed by atoms with Crippen molar-refractivity contribution in [3.05, 3.63) is 53.5 Å². The number of carbonyl (C=O) groups excluding carboxylic acids is 4. The van der Waals surface area contributed by atoms with E-state index in [0.717, 1.165) is 18.4 Å². The summed E-state index contributed by atoms with van der Waals surface area (Å²) in [5, 5.41) is 5.46. The van der Waals surface area contributed by atoms with Crippen LogP contribution in [0.1, 0.15) is 39.3 Å². The van der Waals surface area contributed by atoms with Crippen LogP contribution in [0.15, 0.2) is 41.0 Å². The molecule has 1 aromatic carbocycles. The number of furan rings is 1. The standard InChI is InChI=1S/C21H23N3O6/c1-13-5-6-14(10-16(13)23-20(27)17-4-3-9-29-17)21(28)30-12-19(26)24(2)11-18(25)22-15-7-8-15/h3-6,9-10,15H,7-8,11-12H2,1-2H3,(H,22,25)(H,23,27). The van der Waals surface area contributed by atoms with Crippen molar-refractivity contribution in [2.45, 2.75) is 25.8 Å². The van der Waals surface area contributed by atoms with Crippen molar-refractivity contribution in [2.24, 2.45) is 0 Å². The van der Waals surface area contributed by atoms with Gasteiger partial charge in [-0.05, 0) is 49.6 Å². The Hall–Kier alpha value is -3.62. The summed E-state index contributed by atoms with van der Waals surface area (Å²) in [5.74, 6) is -1.76. The number of aryl methyl sites for hydroxylation is 1. The van der Waals surface area contributed by atoms with Crippen molar-refractivity contribution >= 4 is 29.4 Å². The van der Waals surface area contributed by atoms with Crippen molar-refractivity contribution in [3.63, 3.8) is 0 Å². The Morgan fingerprint density at radius 2 is 1.97 bits per heavy atom. The van der Waals surface area contributed by atoms with E-state index in [1.54, 1.807) is 19.1 Å². The van der Waals surface area contributed by atoms with Crippen molar-refractivity contribution in [2.75, 3.05) is 25.5 Å². The first-order valence-corrected chi connectivity index (χ1v) is 9.49. The summed E-state index contributed by atoms with van der Waals surface area (Å²) in [7, 11) is 1.47. The molecular weight excluding hydrogens is 390 g/mol. The zero-order valence-electron chi connectivity index (χ0n) is 16.8. The summed E-state index contributed by atoms with van der Waals surface area (Å²) in [6.07, 6.45) is 3.31. The summed E-state index contributed by atoms with van der Waals surface area (Å²) >= 11 is 0. The van der Waals surface area contributed by atoms with Gasteiger partial charge in [0.05, 0.1) is 18.4 Å². The topological polar surface area (TPSA) is 118 Å². The predicted molar refractivity (Wildman–Crippen MR) is 107 cm³/mol. The zero-order valence-corrected chi connectivity index (χ0v) is 16.8. The normalized spacial score (nSPS) is 12.7. The number of hydrogen-bond donors (Lipinski definition) is 2. The van der Waals surface area contributed by atoms with E-state index in [1.807, 2.05) is 0 Å². The average Bonchev–Trinajstić information content (AvgIpc) is 3.34. The minimum absolute atomic E-state index is 0.0969. The molecule has 0 bridgehead atoms. The molecular formula is C21H23N3O6. The first kappa shape index (κ1) is 21.1. The van der Waals surface area contributed by atoms with Crippen LogP contribution >= 0.6 is 0 Å². The maximum absolute atomic E-state index is 12.3. The van der Waals surface area contributed by atoms with Crippen LogP contribution in [0.3, 0.4) is 0 Å². The van der Waals surface area contributed by atoms with Crippen LogP contribution in [-0.4, -0.2) is 54.8 Å². The summed E-state index contributed by atoms with van der Waals surface area (Å²) in [6, 6.07) is 8.00. The van der Waals surface area contributed by atoms with E-state index in [4.69, 9.17) is 9.15 Å². The van der Waals surface area contributed by atoms with Crippen LogP contribution in [0.25, 0.3) is 0 Å². The maximum atomic E-state index is 12.3. The number of rotatable bonds is 8. The quantitative estimate of drug-likeness (QED) is 0.637. The lowest BCUT2D eigenvalue weighted by molar-refractivity contribution is -0.137. The monoisotopic (exact) mass is 413 g/mol. The minimum Gasteiger partial charge on any atom is -0.459 e. The average molecular weight is 413 g/mol. The van der Waals surface area contributed by atoms with Crippen molar-refractivity contribution in [1.29, 1.82) is 0 Å². The molecule has 0 unspecified atom stereocenters. The molecule has 2 aromatic rings. The van der Waals surface area contributed by atoms with Gasteiger partial charge in [-0.2, -0.15) is 0 Å². The smallest absolute Gasteiger partial charge is 0.338 e. The molecule has 1 fully saturated rings. The number of hydrogen-bond acceptors (Lipinski definition) is 6. The third-order valence-corrected chi connectivity index (χ3v) is 4.54. The largest absolute Gasteiger partial charge is 0.459 e. The fourth-order valence-corrected chi connectivity index (χ4v) is 2.60. The second-order valence-electron chi connectivity index (χ2n) is 7.13. The zero-order chi connectivity index (χ0) is 21.7. The van der Waals surface area contributed by atoms with E-state index >= 15 is 0 Å². The van der Waals surface area contributed by atoms with Gasteiger partial charge in [-0.15, -0.1) is 0 Å². The second-order valence-corrected chi connectivity index (χ2v) is 7.13. The molecule has 2 N–H and O–H groups in total. The number of esters is 1. The number of likely N-dealkylation sites (N-methyl/N-ethyl adjacent to an activating group) is 1. The van der Waals surface area contributed by atoms with Crippen LogP contribution in [0, 0.1) is 6.92 Å². The summed E-state index contributed by atoms with van der Waals surface area (Å²) in [5.41, 5.74) is 1.34. The van der Waals surface area contributed by atoms with E-state index in [-0.39, 0.29) is 29.8 Å². The molecule has 30 heavy (non-hydrogen) atoms. The predicted octanol–water partition coefficient (Wildman–Crippen LogP) is 1.73. The second kappa shape index (κ2) is 9.25. The van der Waals surface area contributed by atoms with Gasteiger partial charge in [-0.3, -0.25) is 14.4 Å². The third kappa shape index (κ3) is 5.69. The van der Waals surface area contributed by atoms with Gasteiger partial charge in [-0.1, -0.05) is 6.07 Å². The minimum atomic E-state index is -0.715. The highest BCUT2D eigenvalue weighted by atomic mass is 16.5. The van der Waals surface area contributed by atoms with Crippen LogP contribution < -0.4 is 10.6 Å². The molecule has 0 saturated heterocycles. The van der Waals surface area contributed by atoms with Crippen LogP contribution in [0.2, 0.25) is 0 Å². The number of anilines is 1.